The summed E-state index contributed by atoms with van der Waals surface area (Å²) in [5.41, 5.74) is 2.14. The highest BCUT2D eigenvalue weighted by atomic mass is 32.2. The summed E-state index contributed by atoms with van der Waals surface area (Å²) in [7, 11) is 0. The first-order valence-corrected chi connectivity index (χ1v) is 7.37. The Bertz CT molecular complexity index is 444. The van der Waals surface area contributed by atoms with Crippen LogP contribution in [0, 0.1) is 17.3 Å². The second-order valence-electron chi connectivity index (χ2n) is 6.02. The van der Waals surface area contributed by atoms with Crippen LogP contribution in [0.1, 0.15) is 27.2 Å². The topological polar surface area (TPSA) is 0 Å². The molecule has 90 valence electrons. The van der Waals surface area contributed by atoms with Crippen LogP contribution in [0.5, 0.6) is 0 Å². The van der Waals surface area contributed by atoms with Crippen LogP contribution in [0.2, 0.25) is 0 Å². The lowest BCUT2D eigenvalue weighted by molar-refractivity contribution is -0.00166. The van der Waals surface area contributed by atoms with Crippen molar-refractivity contribution in [1.82, 2.24) is 0 Å². The maximum atomic E-state index is 2.52. The van der Waals surface area contributed by atoms with Crippen molar-refractivity contribution >= 4 is 11.8 Å². The predicted molar refractivity (Wildman–Crippen MR) is 75.2 cm³/mol. The van der Waals surface area contributed by atoms with Crippen LogP contribution < -0.4 is 0 Å². The normalized spacial score (nSPS) is 33.8. The molecule has 1 heteroatoms. The van der Waals surface area contributed by atoms with Gasteiger partial charge in [0, 0.05) is 10.1 Å². The van der Waals surface area contributed by atoms with Crippen molar-refractivity contribution in [3.05, 3.63) is 42.0 Å². The van der Waals surface area contributed by atoms with Gasteiger partial charge in [-0.2, -0.15) is 0 Å². The quantitative estimate of drug-likeness (QED) is 0.675. The molecule has 0 radical (unpaired) electrons. The summed E-state index contributed by atoms with van der Waals surface area (Å²) in [4.78, 5) is 1.41. The second kappa shape index (κ2) is 3.91. The molecule has 1 fully saturated rings. The van der Waals surface area contributed by atoms with Gasteiger partial charge >= 0.3 is 0 Å². The van der Waals surface area contributed by atoms with Crippen LogP contribution in [0.15, 0.2) is 46.9 Å². The monoisotopic (exact) mass is 244 g/mol. The first kappa shape index (κ1) is 11.4. The van der Waals surface area contributed by atoms with Gasteiger partial charge in [-0.25, -0.2) is 0 Å². The van der Waals surface area contributed by atoms with E-state index in [9.17, 15) is 0 Å². The van der Waals surface area contributed by atoms with E-state index in [2.05, 4.69) is 57.2 Å². The maximum Gasteiger partial charge on any atom is 0.0310 e. The van der Waals surface area contributed by atoms with E-state index >= 15 is 0 Å². The Hall–Kier alpha value is -0.690. The molecular weight excluding hydrogens is 224 g/mol. The van der Waals surface area contributed by atoms with Crippen molar-refractivity contribution in [1.29, 1.82) is 0 Å². The van der Waals surface area contributed by atoms with Gasteiger partial charge in [0.2, 0.25) is 0 Å². The average Bonchev–Trinajstić information content (AvgIpc) is 2.29. The van der Waals surface area contributed by atoms with E-state index in [0.717, 1.165) is 11.8 Å². The van der Waals surface area contributed by atoms with Gasteiger partial charge in [0.25, 0.3) is 0 Å². The van der Waals surface area contributed by atoms with Crippen molar-refractivity contribution in [2.45, 2.75) is 37.3 Å². The zero-order chi connectivity index (χ0) is 12.0. The average molecular weight is 244 g/mol. The van der Waals surface area contributed by atoms with Crippen LogP contribution in [0.25, 0.3) is 0 Å². The number of hydrogen-bond acceptors (Lipinski definition) is 1. The summed E-state index contributed by atoms with van der Waals surface area (Å²) >= 11 is 2.04. The zero-order valence-corrected chi connectivity index (χ0v) is 11.6. The molecule has 17 heavy (non-hydrogen) atoms. The molecule has 0 amide bonds. The Morgan fingerprint density at radius 2 is 1.88 bits per heavy atom. The molecule has 1 unspecified atom stereocenters. The minimum Gasteiger partial charge on any atom is -0.118 e. The second-order valence-corrected chi connectivity index (χ2v) is 7.27. The third-order valence-corrected chi connectivity index (χ3v) is 6.01. The third-order valence-electron chi connectivity index (χ3n) is 4.73. The van der Waals surface area contributed by atoms with E-state index in [4.69, 9.17) is 0 Å². The zero-order valence-electron chi connectivity index (χ0n) is 10.8. The Kier molecular flexibility index (Phi) is 2.62. The highest BCUT2D eigenvalue weighted by Crippen LogP contribution is 2.61. The van der Waals surface area contributed by atoms with E-state index in [-0.39, 0.29) is 0 Å². The fourth-order valence-corrected chi connectivity index (χ4v) is 5.09. The Labute approximate surface area is 109 Å². The number of allylic oxidation sites excluding steroid dienone is 1. The van der Waals surface area contributed by atoms with Crippen LogP contribution in [-0.4, -0.2) is 5.25 Å². The minimum atomic E-state index is 0.519. The minimum absolute atomic E-state index is 0.519. The Balaban J connectivity index is 1.83. The molecular formula is C16H20S. The van der Waals surface area contributed by atoms with Gasteiger partial charge in [0.1, 0.15) is 0 Å². The smallest absolute Gasteiger partial charge is 0.0310 e. The number of fused-ring (bicyclic) bond motifs is 1. The summed E-state index contributed by atoms with van der Waals surface area (Å²) in [6.07, 6.45) is 3.92. The molecule has 0 aliphatic heterocycles. The highest BCUT2D eigenvalue weighted by molar-refractivity contribution is 8.00. The van der Waals surface area contributed by atoms with Crippen molar-refractivity contribution in [2.24, 2.45) is 17.3 Å². The number of benzene rings is 1. The lowest BCUT2D eigenvalue weighted by Crippen LogP contribution is -2.52. The van der Waals surface area contributed by atoms with Gasteiger partial charge in [-0.05, 0) is 42.7 Å². The van der Waals surface area contributed by atoms with Crippen LogP contribution >= 0.6 is 11.8 Å². The molecule has 1 aromatic carbocycles. The molecule has 4 rings (SSSR count). The lowest BCUT2D eigenvalue weighted by Gasteiger charge is -2.58. The van der Waals surface area contributed by atoms with E-state index < -0.39 is 0 Å². The molecule has 0 N–H and O–H groups in total. The fourth-order valence-electron chi connectivity index (χ4n) is 3.55. The third kappa shape index (κ3) is 1.76. The maximum absolute atomic E-state index is 2.52. The van der Waals surface area contributed by atoms with E-state index in [1.165, 1.54) is 11.3 Å². The number of hydrogen-bond donors (Lipinski definition) is 0. The van der Waals surface area contributed by atoms with Gasteiger partial charge in [-0.15, -0.1) is 11.8 Å². The Morgan fingerprint density at radius 1 is 1.18 bits per heavy atom. The summed E-state index contributed by atoms with van der Waals surface area (Å²) < 4.78 is 0. The molecule has 3 atom stereocenters. The van der Waals surface area contributed by atoms with Crippen molar-refractivity contribution < 1.29 is 0 Å². The first-order valence-electron chi connectivity index (χ1n) is 6.49. The first-order chi connectivity index (χ1) is 8.09. The standard InChI is InChI=1S/C16H20S/c1-11-9-15(14-10-13(11)16(14,2)3)17-12-7-5-4-6-8-12/h4-9,13-15H,10H2,1-3H3/t13-,14+,15?/m0/s1. The molecule has 3 aliphatic rings. The van der Waals surface area contributed by atoms with Crippen LogP contribution in [0.4, 0.5) is 0 Å². The predicted octanol–water partition coefficient (Wildman–Crippen LogP) is 4.77. The molecule has 0 spiro atoms. The van der Waals surface area contributed by atoms with Crippen molar-refractivity contribution in [3.8, 4) is 0 Å². The summed E-state index contributed by atoms with van der Waals surface area (Å²) in [5.74, 6) is 1.71. The largest absolute Gasteiger partial charge is 0.118 e. The number of rotatable bonds is 2. The van der Waals surface area contributed by atoms with Gasteiger partial charge < -0.3 is 0 Å². The molecule has 1 saturated carbocycles. The fraction of sp³-hybridized carbons (Fsp3) is 0.500. The molecule has 0 saturated heterocycles. The van der Waals surface area contributed by atoms with Gasteiger partial charge in [-0.1, -0.05) is 43.7 Å². The summed E-state index contributed by atoms with van der Waals surface area (Å²) in [6.45, 7) is 7.21. The van der Waals surface area contributed by atoms with Crippen LogP contribution in [-0.2, 0) is 0 Å². The molecule has 1 aromatic rings. The van der Waals surface area contributed by atoms with Crippen LogP contribution in [0.3, 0.4) is 0 Å². The highest BCUT2D eigenvalue weighted by Gasteiger charge is 2.54. The van der Waals surface area contributed by atoms with Crippen molar-refractivity contribution in [3.63, 3.8) is 0 Å². The molecule has 0 heterocycles. The van der Waals surface area contributed by atoms with Gasteiger partial charge in [-0.3, -0.25) is 0 Å². The van der Waals surface area contributed by atoms with Gasteiger partial charge in [0.15, 0.2) is 0 Å². The molecule has 0 nitrogen and oxygen atoms in total. The molecule has 3 aliphatic carbocycles. The lowest BCUT2D eigenvalue weighted by atomic mass is 9.49. The molecule has 0 aromatic heterocycles. The SMILES string of the molecule is CC1=CC(Sc2ccccc2)[C@H]2C[C@@H]1C2(C)C. The van der Waals surface area contributed by atoms with E-state index in [1.807, 2.05) is 11.8 Å². The Morgan fingerprint density at radius 3 is 2.47 bits per heavy atom. The van der Waals surface area contributed by atoms with E-state index in [1.54, 1.807) is 5.57 Å². The summed E-state index contributed by atoms with van der Waals surface area (Å²) in [5, 5.41) is 0.678. The molecule has 2 bridgehead atoms. The summed E-state index contributed by atoms with van der Waals surface area (Å²) in [6, 6.07) is 10.8. The van der Waals surface area contributed by atoms with Gasteiger partial charge in [0.05, 0.1) is 0 Å². The number of thioether (sulfide) groups is 1. The van der Waals surface area contributed by atoms with Crippen molar-refractivity contribution in [2.75, 3.05) is 0 Å². The van der Waals surface area contributed by atoms with E-state index in [0.29, 0.717) is 10.7 Å².